The zero-order valence-electron chi connectivity index (χ0n) is 12.7. The molecule has 0 spiro atoms. The quantitative estimate of drug-likeness (QED) is 0.864. The van der Waals surface area contributed by atoms with Gasteiger partial charge in [-0.1, -0.05) is 17.3 Å². The lowest BCUT2D eigenvalue weighted by Crippen LogP contribution is -2.47. The number of halogens is 1. The maximum atomic E-state index is 12.9. The summed E-state index contributed by atoms with van der Waals surface area (Å²) >= 11 is 0. The highest BCUT2D eigenvalue weighted by Gasteiger charge is 2.39. The Morgan fingerprint density at radius 3 is 2.65 bits per heavy atom. The number of nitrogens with two attached hydrogens (primary N) is 1. The minimum Gasteiger partial charge on any atom is -0.369 e. The van der Waals surface area contributed by atoms with Gasteiger partial charge in [0.1, 0.15) is 5.82 Å². The second kappa shape index (κ2) is 6.45. The van der Waals surface area contributed by atoms with Gasteiger partial charge in [-0.05, 0) is 43.6 Å². The number of rotatable bonds is 5. The van der Waals surface area contributed by atoms with Gasteiger partial charge < -0.3 is 15.6 Å². The maximum absolute atomic E-state index is 12.9. The van der Waals surface area contributed by atoms with Crippen LogP contribution in [0.1, 0.15) is 30.1 Å². The van der Waals surface area contributed by atoms with Crippen LogP contribution in [0.4, 0.5) is 4.39 Å². The van der Waals surface area contributed by atoms with Gasteiger partial charge in [-0.3, -0.25) is 4.79 Å². The summed E-state index contributed by atoms with van der Waals surface area (Å²) in [5.41, 5.74) is 5.88. The predicted molar refractivity (Wildman–Crippen MR) is 80.9 cm³/mol. The molecule has 23 heavy (non-hydrogen) atoms. The predicted octanol–water partition coefficient (Wildman–Crippen LogP) is 1.20. The van der Waals surface area contributed by atoms with Crippen molar-refractivity contribution >= 4 is 5.91 Å². The molecule has 1 fully saturated rings. The first-order chi connectivity index (χ1) is 11.1. The van der Waals surface area contributed by atoms with Crippen molar-refractivity contribution in [2.24, 2.45) is 11.1 Å². The van der Waals surface area contributed by atoms with Crippen molar-refractivity contribution in [2.45, 2.75) is 25.7 Å². The zero-order valence-corrected chi connectivity index (χ0v) is 12.7. The molecule has 1 aromatic heterocycles. The average Bonchev–Trinajstić information content (AvgIpc) is 2.97. The van der Waals surface area contributed by atoms with E-state index in [1.807, 2.05) is 0 Å². The summed E-state index contributed by atoms with van der Waals surface area (Å²) in [5.74, 6) is 0.331. The number of nitrogens with one attached hydrogen (secondary N) is 1. The molecule has 1 amide bonds. The number of carbonyl (C=O) groups excluding carboxylic acids is 1. The molecule has 0 bridgehead atoms. The summed E-state index contributed by atoms with van der Waals surface area (Å²) in [6, 6.07) is 6.16. The van der Waals surface area contributed by atoms with Crippen LogP contribution in [0.3, 0.4) is 0 Å². The number of primary amides is 1. The molecule has 0 atom stereocenters. The fraction of sp³-hybridized carbons (Fsp3) is 0.438. The summed E-state index contributed by atoms with van der Waals surface area (Å²) in [7, 11) is 0. The molecule has 0 radical (unpaired) electrons. The maximum Gasteiger partial charge on any atom is 0.227 e. The minimum atomic E-state index is -0.620. The van der Waals surface area contributed by atoms with Gasteiger partial charge in [0, 0.05) is 12.8 Å². The number of amides is 1. The number of aromatic nitrogens is 2. The monoisotopic (exact) mass is 318 g/mol. The molecule has 3 N–H and O–H groups in total. The van der Waals surface area contributed by atoms with Crippen LogP contribution in [0.2, 0.25) is 0 Å². The summed E-state index contributed by atoms with van der Waals surface area (Å²) in [4.78, 5) is 16.2. The molecular weight excluding hydrogens is 299 g/mol. The van der Waals surface area contributed by atoms with Crippen LogP contribution in [0.15, 0.2) is 28.8 Å². The Morgan fingerprint density at radius 2 is 2.00 bits per heavy atom. The van der Waals surface area contributed by atoms with Gasteiger partial charge in [-0.25, -0.2) is 4.39 Å². The molecule has 2 heterocycles. The van der Waals surface area contributed by atoms with Crippen LogP contribution in [0.5, 0.6) is 0 Å². The van der Waals surface area contributed by atoms with Crippen molar-refractivity contribution in [1.29, 1.82) is 0 Å². The topological polar surface area (TPSA) is 94.0 Å². The van der Waals surface area contributed by atoms with Gasteiger partial charge in [0.2, 0.25) is 11.8 Å². The van der Waals surface area contributed by atoms with Gasteiger partial charge in [0.05, 0.1) is 5.41 Å². The molecule has 2 aromatic rings. The van der Waals surface area contributed by atoms with Crippen molar-refractivity contribution in [2.75, 3.05) is 13.1 Å². The molecular formula is C16H19FN4O2. The van der Waals surface area contributed by atoms with Crippen LogP contribution in [0, 0.1) is 11.2 Å². The van der Waals surface area contributed by atoms with Gasteiger partial charge in [-0.15, -0.1) is 0 Å². The van der Waals surface area contributed by atoms with Crippen LogP contribution >= 0.6 is 0 Å². The Labute approximate surface area is 133 Å². The van der Waals surface area contributed by atoms with E-state index in [0.717, 1.165) is 18.7 Å². The molecule has 1 saturated heterocycles. The number of benzene rings is 1. The second-order valence-corrected chi connectivity index (χ2v) is 5.98. The summed E-state index contributed by atoms with van der Waals surface area (Å²) in [5, 5.41) is 7.16. The van der Waals surface area contributed by atoms with E-state index in [-0.39, 0.29) is 11.7 Å². The highest BCUT2D eigenvalue weighted by atomic mass is 19.1. The molecule has 6 nitrogen and oxygen atoms in total. The molecule has 0 unspecified atom stereocenters. The molecule has 1 aliphatic rings. The lowest BCUT2D eigenvalue weighted by Gasteiger charge is -2.33. The largest absolute Gasteiger partial charge is 0.369 e. The summed E-state index contributed by atoms with van der Waals surface area (Å²) < 4.78 is 18.2. The van der Waals surface area contributed by atoms with Crippen molar-refractivity contribution in [3.8, 4) is 0 Å². The Morgan fingerprint density at radius 1 is 1.30 bits per heavy atom. The minimum absolute atomic E-state index is 0.281. The third-order valence-corrected chi connectivity index (χ3v) is 4.36. The van der Waals surface area contributed by atoms with E-state index in [1.54, 1.807) is 12.1 Å². The van der Waals surface area contributed by atoms with Crippen molar-refractivity contribution in [3.05, 3.63) is 47.4 Å². The van der Waals surface area contributed by atoms with E-state index in [1.165, 1.54) is 12.1 Å². The van der Waals surface area contributed by atoms with E-state index in [0.29, 0.717) is 37.4 Å². The van der Waals surface area contributed by atoms with Gasteiger partial charge >= 0.3 is 0 Å². The second-order valence-electron chi connectivity index (χ2n) is 5.98. The zero-order chi connectivity index (χ0) is 16.3. The molecule has 122 valence electrons. The van der Waals surface area contributed by atoms with E-state index in [4.69, 9.17) is 10.3 Å². The first-order valence-corrected chi connectivity index (χ1v) is 7.64. The summed E-state index contributed by atoms with van der Waals surface area (Å²) in [6.45, 7) is 1.50. The highest BCUT2D eigenvalue weighted by Crippen LogP contribution is 2.32. The van der Waals surface area contributed by atoms with Crippen LogP contribution in [0.25, 0.3) is 0 Å². The fourth-order valence-corrected chi connectivity index (χ4v) is 2.92. The van der Waals surface area contributed by atoms with Crippen LogP contribution in [-0.2, 0) is 17.6 Å². The number of piperidine rings is 1. The lowest BCUT2D eigenvalue weighted by atomic mass is 9.75. The van der Waals surface area contributed by atoms with Gasteiger partial charge in [-0.2, -0.15) is 4.98 Å². The molecule has 1 aliphatic heterocycles. The van der Waals surface area contributed by atoms with Crippen LogP contribution in [-0.4, -0.2) is 29.1 Å². The SMILES string of the molecule is NC(=O)C1(Cc2nc(Cc3ccc(F)cc3)no2)CCNCC1. The molecule has 3 rings (SSSR count). The Balaban J connectivity index is 1.71. The van der Waals surface area contributed by atoms with Crippen molar-refractivity contribution in [1.82, 2.24) is 15.5 Å². The number of hydrogen-bond donors (Lipinski definition) is 2. The standard InChI is InChI=1S/C16H19FN4O2/c17-12-3-1-11(2-4-12)9-13-20-14(23-21-13)10-16(15(18)22)5-7-19-8-6-16/h1-4,19H,5-10H2,(H2,18,22). The number of carbonyl (C=O) groups is 1. The highest BCUT2D eigenvalue weighted by molar-refractivity contribution is 5.81. The van der Waals surface area contributed by atoms with E-state index < -0.39 is 5.41 Å². The van der Waals surface area contributed by atoms with E-state index in [2.05, 4.69) is 15.5 Å². The smallest absolute Gasteiger partial charge is 0.227 e. The normalized spacial score (nSPS) is 17.1. The van der Waals surface area contributed by atoms with Gasteiger partial charge in [0.15, 0.2) is 5.82 Å². The Hall–Kier alpha value is -2.28. The third kappa shape index (κ3) is 3.56. The third-order valence-electron chi connectivity index (χ3n) is 4.36. The van der Waals surface area contributed by atoms with Gasteiger partial charge in [0.25, 0.3) is 0 Å². The first-order valence-electron chi connectivity index (χ1n) is 7.64. The summed E-state index contributed by atoms with van der Waals surface area (Å²) in [6.07, 6.45) is 2.14. The number of hydrogen-bond acceptors (Lipinski definition) is 5. The molecule has 7 heteroatoms. The molecule has 0 saturated carbocycles. The number of nitrogens with zero attached hydrogens (tertiary/aromatic N) is 2. The molecule has 0 aliphatic carbocycles. The average molecular weight is 318 g/mol. The molecule has 1 aromatic carbocycles. The first kappa shape index (κ1) is 15.6. The fourth-order valence-electron chi connectivity index (χ4n) is 2.92. The van der Waals surface area contributed by atoms with E-state index in [9.17, 15) is 9.18 Å². The van der Waals surface area contributed by atoms with Crippen molar-refractivity contribution in [3.63, 3.8) is 0 Å². The Bertz CT molecular complexity index is 678. The Kier molecular flexibility index (Phi) is 4.38. The van der Waals surface area contributed by atoms with Crippen molar-refractivity contribution < 1.29 is 13.7 Å². The van der Waals surface area contributed by atoms with E-state index >= 15 is 0 Å². The van der Waals surface area contributed by atoms with Crippen LogP contribution < -0.4 is 11.1 Å². The lowest BCUT2D eigenvalue weighted by molar-refractivity contribution is -0.129.